The van der Waals surface area contributed by atoms with Gasteiger partial charge in [0, 0.05) is 88.9 Å². The largest absolute Gasteiger partial charge is 0.459 e. The number of hydrogen-bond acceptors (Lipinski definition) is 30. The monoisotopic (exact) mass is 1520 g/mol. The predicted molar refractivity (Wildman–Crippen MR) is 388 cm³/mol. The molecule has 0 unspecified atom stereocenters. The lowest BCUT2D eigenvalue weighted by atomic mass is 9.73. The zero-order valence-electron chi connectivity index (χ0n) is 68.2. The molecule has 6 fully saturated rings. The summed E-state index contributed by atoms with van der Waals surface area (Å²) < 4.78 is 91.3. The number of rotatable bonds is 19. The maximum atomic E-state index is 15.5. The fourth-order valence-corrected chi connectivity index (χ4v) is 18.0. The molecule has 0 spiro atoms. The lowest BCUT2D eigenvalue weighted by Gasteiger charge is -2.50. The Kier molecular flexibility index (Phi) is 32.3. The SMILES string of the molecule is CC[C@H]1OC(=O)[C@H](C)[C@@H](O[C@H]2C[C@@](C)(OC)[C@@H](O)[C@H](C)O2)[C@H](C)[C@@H](O[C@@H]2O[C@H](C)C[C@H](N(C)CCC[C@H]3OC(=O)[C@H](C)[C@@H](O[C@H]4C[C@@](C)(OC)[C@@H](O)[C@H](C)O4)[C@H](C)[C@@H](O[C@@H]4O[C@H](C)C[C@H](N(C)C)[C@H]4O)[C@](C)(OC)C[C@@H](C)/C(=N/O)[C@H](C)[C@@H](O)[C@]3(C)O)[C@H]2O)[C@](C)(OC)C[C@@H](C)/C(=N\O)[C@H](C)[C@@H](O)[C@]1(C)O. The van der Waals surface area contributed by atoms with Gasteiger partial charge in [0.1, 0.15) is 47.8 Å². The molecule has 0 aliphatic carbocycles. The van der Waals surface area contributed by atoms with Crippen molar-refractivity contribution in [2.24, 2.45) is 57.7 Å². The Morgan fingerprint density at radius 3 is 1.20 bits per heavy atom. The first-order valence-corrected chi connectivity index (χ1v) is 38.4. The van der Waals surface area contributed by atoms with Crippen molar-refractivity contribution in [1.29, 1.82) is 0 Å². The van der Waals surface area contributed by atoms with Crippen molar-refractivity contribution < 1.29 is 127 Å². The van der Waals surface area contributed by atoms with Gasteiger partial charge in [-0.25, -0.2) is 0 Å². The van der Waals surface area contributed by atoms with Gasteiger partial charge in [0.05, 0.1) is 107 Å². The van der Waals surface area contributed by atoms with E-state index in [-0.39, 0.29) is 81.5 Å². The molecule has 0 aromatic heterocycles. The van der Waals surface area contributed by atoms with Gasteiger partial charge in [-0.2, -0.15) is 0 Å². The quantitative estimate of drug-likeness (QED) is 0.0454. The van der Waals surface area contributed by atoms with Crippen LogP contribution in [0.5, 0.6) is 0 Å². The van der Waals surface area contributed by atoms with Crippen LogP contribution in [0.25, 0.3) is 0 Å². The molecular weight excluding hydrogens is 1380 g/mol. The molecule has 36 atom stereocenters. The summed E-state index contributed by atoms with van der Waals surface area (Å²) in [6.45, 7) is 32.3. The van der Waals surface area contributed by atoms with E-state index in [9.17, 15) is 56.1 Å². The molecule has 0 radical (unpaired) electrons. The summed E-state index contributed by atoms with van der Waals surface area (Å²) in [4.78, 5) is 34.1. The smallest absolute Gasteiger partial charge is 0.311 e. The number of cyclic esters (lactones) is 2. The summed E-state index contributed by atoms with van der Waals surface area (Å²) in [5, 5.41) is 126. The van der Waals surface area contributed by atoms with E-state index in [1.54, 1.807) is 104 Å². The minimum Gasteiger partial charge on any atom is -0.459 e. The summed E-state index contributed by atoms with van der Waals surface area (Å²) in [6.07, 6.45) is -21.7. The van der Waals surface area contributed by atoms with Gasteiger partial charge < -0.3 is 127 Å². The van der Waals surface area contributed by atoms with Crippen molar-refractivity contribution in [3.63, 3.8) is 0 Å². The first-order valence-electron chi connectivity index (χ1n) is 38.4. The van der Waals surface area contributed by atoms with Crippen LogP contribution in [-0.4, -0.2) is 309 Å². The van der Waals surface area contributed by atoms with E-state index >= 15 is 4.79 Å². The van der Waals surface area contributed by atoms with Crippen molar-refractivity contribution in [2.75, 3.05) is 56.1 Å². The van der Waals surface area contributed by atoms with E-state index in [4.69, 9.17) is 66.3 Å². The zero-order chi connectivity index (χ0) is 80.2. The number of likely N-dealkylation sites (N-methyl/N-ethyl adjacent to an activating group) is 2. The second-order valence-electron chi connectivity index (χ2n) is 33.8. The van der Waals surface area contributed by atoms with E-state index in [1.807, 2.05) is 44.7 Å². The van der Waals surface area contributed by atoms with Crippen LogP contribution in [0.1, 0.15) is 189 Å². The summed E-state index contributed by atoms with van der Waals surface area (Å²) in [6, 6.07) is -1.09. The predicted octanol–water partition coefficient (Wildman–Crippen LogP) is 5.16. The number of ether oxygens (including phenoxy) is 14. The number of nitrogens with zero attached hydrogens (tertiary/aromatic N) is 4. The van der Waals surface area contributed by atoms with Crippen molar-refractivity contribution in [3.05, 3.63) is 0 Å². The molecule has 10 N–H and O–H groups in total. The Morgan fingerprint density at radius 2 is 0.840 bits per heavy atom. The highest BCUT2D eigenvalue weighted by molar-refractivity contribution is 5.89. The molecule has 0 aromatic rings. The highest BCUT2D eigenvalue weighted by Gasteiger charge is 2.58. The number of aliphatic hydroxyl groups excluding tert-OH is 6. The Morgan fingerprint density at radius 1 is 0.481 bits per heavy atom. The van der Waals surface area contributed by atoms with Gasteiger partial charge in [-0.05, 0) is 156 Å². The Balaban J connectivity index is 1.39. The second-order valence-corrected chi connectivity index (χ2v) is 33.8. The van der Waals surface area contributed by atoms with Crippen LogP contribution in [0.15, 0.2) is 10.3 Å². The number of esters is 2. The average Bonchev–Trinajstić information content (AvgIpc) is 0.765. The standard InChI is InChI=1S/C76H138N4O26/c1-27-51-75(18,89)61(83)41(6)55(77-91)37(2)33-74(17,96-26)66(43(8)59(45(10)67(87)101-51)103-53-35-71(14,93-23)63(85)47(12)99-53)106-70-58(82)50(32-40(5)98-70)80(22)30-28-29-52-76(19,90)62(84)42(7)56(78-92)38(3)34-73(16,95-25)65(105-69-57(81)49(79(20)21)31-39(4)97-69)44(9)60(46(11)68(88)102-52)104-54-36-72(15,94-24)64(86)48(13)100-54/h37-54,57-66,69-70,81-86,89-92H,27-36H2,1-26H3/b77-55+,78-56-/t37-,38-,39-,40-,41+,42+,43+,44+,45-,46-,47+,48+,49+,50+,51-,52-,53+,54+,57-,58-,59+,60+,61-,62-,63+,64+,65-,66-,69+,70+,71-,72-,73-,74-,75-,76-/m1/s1. The molecule has 30 heteroatoms. The van der Waals surface area contributed by atoms with Crippen LogP contribution in [0, 0.1) is 47.3 Å². The van der Waals surface area contributed by atoms with Gasteiger partial charge in [-0.15, -0.1) is 0 Å². The maximum Gasteiger partial charge on any atom is 0.311 e. The molecule has 6 aliphatic rings. The number of carbonyl (C=O) groups excluding carboxylic acids is 2. The highest BCUT2D eigenvalue weighted by atomic mass is 16.7. The molecule has 6 heterocycles. The molecule has 6 saturated heterocycles. The molecule has 0 amide bonds. The van der Waals surface area contributed by atoms with E-state index in [2.05, 4.69) is 10.3 Å². The first kappa shape index (κ1) is 91.9. The van der Waals surface area contributed by atoms with Gasteiger partial charge in [-0.3, -0.25) is 9.59 Å². The van der Waals surface area contributed by atoms with Crippen molar-refractivity contribution in [2.45, 2.75) is 358 Å². The Bertz CT molecular complexity index is 2850. The molecule has 106 heavy (non-hydrogen) atoms. The van der Waals surface area contributed by atoms with E-state index in [1.165, 1.54) is 42.3 Å². The number of hydrogen-bond donors (Lipinski definition) is 10. The number of oxime groups is 2. The van der Waals surface area contributed by atoms with E-state index in [0.29, 0.717) is 6.42 Å². The third-order valence-corrected chi connectivity index (χ3v) is 25.4. The molecule has 6 rings (SSSR count). The molecule has 0 saturated carbocycles. The third kappa shape index (κ3) is 20.0. The second kappa shape index (κ2) is 37.3. The van der Waals surface area contributed by atoms with Crippen LogP contribution < -0.4 is 0 Å². The zero-order valence-corrected chi connectivity index (χ0v) is 68.2. The highest BCUT2D eigenvalue weighted by Crippen LogP contribution is 2.46. The van der Waals surface area contributed by atoms with Crippen molar-refractivity contribution in [1.82, 2.24) is 9.80 Å². The lowest BCUT2D eigenvalue weighted by Crippen LogP contribution is -2.62. The van der Waals surface area contributed by atoms with Crippen molar-refractivity contribution >= 4 is 23.4 Å². The topological polar surface area (TPSA) is 397 Å². The number of aliphatic hydroxyl groups is 8. The molecular formula is C76H138N4O26. The van der Waals surface area contributed by atoms with Crippen LogP contribution in [0.2, 0.25) is 0 Å². The van der Waals surface area contributed by atoms with Crippen LogP contribution >= 0.6 is 0 Å². The molecule has 0 aromatic carbocycles. The number of carbonyl (C=O) groups is 2. The van der Waals surface area contributed by atoms with Gasteiger partial charge in [0.25, 0.3) is 0 Å². The van der Waals surface area contributed by atoms with Crippen molar-refractivity contribution in [3.8, 4) is 0 Å². The van der Waals surface area contributed by atoms with Gasteiger partial charge in [0.15, 0.2) is 25.2 Å². The summed E-state index contributed by atoms with van der Waals surface area (Å²) in [5.74, 6) is -9.31. The molecule has 0 bridgehead atoms. The average molecular weight is 1520 g/mol. The van der Waals surface area contributed by atoms with E-state index in [0.717, 1.165) is 0 Å². The molecule has 6 aliphatic heterocycles. The fourth-order valence-electron chi connectivity index (χ4n) is 18.0. The molecule has 30 nitrogen and oxygen atoms in total. The third-order valence-electron chi connectivity index (χ3n) is 25.4. The first-order chi connectivity index (χ1) is 49.2. The minimum atomic E-state index is -2.25. The van der Waals surface area contributed by atoms with Crippen LogP contribution in [-0.2, 0) is 75.9 Å². The number of methoxy groups -OCH3 is 4. The minimum absolute atomic E-state index is 0.0182. The molecule has 618 valence electrons. The van der Waals surface area contributed by atoms with Gasteiger partial charge in [-0.1, -0.05) is 58.8 Å². The van der Waals surface area contributed by atoms with Gasteiger partial charge >= 0.3 is 11.9 Å². The Hall–Kier alpha value is -3.00. The Labute approximate surface area is 629 Å². The normalized spacial score (nSPS) is 49.2. The fraction of sp³-hybridized carbons (Fsp3) is 0.947. The summed E-state index contributed by atoms with van der Waals surface area (Å²) in [7, 11) is 11.4. The summed E-state index contributed by atoms with van der Waals surface area (Å²) >= 11 is 0. The maximum absolute atomic E-state index is 15.5. The van der Waals surface area contributed by atoms with E-state index < -0.39 is 216 Å². The van der Waals surface area contributed by atoms with Crippen LogP contribution in [0.4, 0.5) is 0 Å². The summed E-state index contributed by atoms with van der Waals surface area (Å²) in [5.41, 5.74) is -9.26. The lowest BCUT2D eigenvalue weighted by molar-refractivity contribution is -0.319. The van der Waals surface area contributed by atoms with Crippen LogP contribution in [0.3, 0.4) is 0 Å². The van der Waals surface area contributed by atoms with Gasteiger partial charge in [0.2, 0.25) is 0 Å².